The van der Waals surface area contributed by atoms with E-state index in [9.17, 15) is 22.4 Å². The molecule has 1 unspecified atom stereocenters. The second-order valence-electron chi connectivity index (χ2n) is 4.36. The molecule has 0 spiro atoms. The van der Waals surface area contributed by atoms with Gasteiger partial charge in [0.1, 0.15) is 17.4 Å². The number of hydrogen-bond acceptors (Lipinski definition) is 2. The third-order valence-electron chi connectivity index (χ3n) is 2.72. The number of rotatable bonds is 4. The Kier molecular flexibility index (Phi) is 4.26. The summed E-state index contributed by atoms with van der Waals surface area (Å²) >= 11 is 0. The van der Waals surface area contributed by atoms with Gasteiger partial charge in [0.15, 0.2) is 17.7 Å². The second-order valence-corrected chi connectivity index (χ2v) is 4.36. The summed E-state index contributed by atoms with van der Waals surface area (Å²) in [6, 6.07) is 5.15. The summed E-state index contributed by atoms with van der Waals surface area (Å²) in [5.41, 5.74) is -0.0988. The van der Waals surface area contributed by atoms with E-state index in [1.807, 2.05) is 0 Å². The first-order valence-electron chi connectivity index (χ1n) is 5.99. The molecule has 0 bridgehead atoms. The standard InChI is InChI=1S/C15H10F4O2/c1-8(21-12-6-10(16)5-11(17)7-12)15(20)9-2-3-13(18)14(19)4-9/h2-8H,1H3. The van der Waals surface area contributed by atoms with E-state index in [1.54, 1.807) is 0 Å². The molecule has 0 saturated carbocycles. The van der Waals surface area contributed by atoms with Crippen LogP contribution in [0.2, 0.25) is 0 Å². The smallest absolute Gasteiger partial charge is 0.203 e. The first-order valence-corrected chi connectivity index (χ1v) is 5.99. The summed E-state index contributed by atoms with van der Waals surface area (Å²) in [5.74, 6) is -4.75. The number of carbonyl (C=O) groups excluding carboxylic acids is 1. The fraction of sp³-hybridized carbons (Fsp3) is 0.133. The number of ether oxygens (including phenoxy) is 1. The Hall–Kier alpha value is -2.37. The SMILES string of the molecule is CC(Oc1cc(F)cc(F)c1)C(=O)c1ccc(F)c(F)c1. The third-order valence-corrected chi connectivity index (χ3v) is 2.72. The first kappa shape index (κ1) is 15.0. The molecular formula is C15H10F4O2. The fourth-order valence-corrected chi connectivity index (χ4v) is 1.74. The Bertz CT molecular complexity index is 665. The minimum absolute atomic E-state index is 0.0988. The maximum Gasteiger partial charge on any atom is 0.203 e. The predicted octanol–water partition coefficient (Wildman–Crippen LogP) is 3.89. The van der Waals surface area contributed by atoms with Gasteiger partial charge in [-0.2, -0.15) is 0 Å². The maximum atomic E-state index is 13.1. The van der Waals surface area contributed by atoms with Crippen LogP contribution in [0.3, 0.4) is 0 Å². The van der Waals surface area contributed by atoms with Crippen molar-refractivity contribution >= 4 is 5.78 Å². The summed E-state index contributed by atoms with van der Waals surface area (Å²) in [5, 5.41) is 0. The summed E-state index contributed by atoms with van der Waals surface area (Å²) < 4.78 is 57.0. The molecule has 0 N–H and O–H groups in total. The molecule has 0 aromatic heterocycles. The van der Waals surface area contributed by atoms with Crippen LogP contribution < -0.4 is 4.74 Å². The highest BCUT2D eigenvalue weighted by Gasteiger charge is 2.19. The average Bonchev–Trinajstić information content (AvgIpc) is 2.39. The summed E-state index contributed by atoms with van der Waals surface area (Å²) in [6.07, 6.45) is -1.11. The van der Waals surface area contributed by atoms with Gasteiger partial charge in [0.05, 0.1) is 0 Å². The normalized spacial score (nSPS) is 12.0. The number of ketones is 1. The first-order chi connectivity index (χ1) is 9.86. The van der Waals surface area contributed by atoms with Crippen molar-refractivity contribution < 1.29 is 27.1 Å². The van der Waals surface area contributed by atoms with Gasteiger partial charge in [-0.3, -0.25) is 4.79 Å². The fourth-order valence-electron chi connectivity index (χ4n) is 1.74. The van der Waals surface area contributed by atoms with Crippen molar-refractivity contribution in [2.24, 2.45) is 0 Å². The Labute approximate surface area is 118 Å². The molecule has 21 heavy (non-hydrogen) atoms. The zero-order chi connectivity index (χ0) is 15.6. The van der Waals surface area contributed by atoms with Gasteiger partial charge in [-0.05, 0) is 25.1 Å². The van der Waals surface area contributed by atoms with E-state index >= 15 is 0 Å². The molecule has 2 nitrogen and oxygen atoms in total. The highest BCUT2D eigenvalue weighted by atomic mass is 19.2. The van der Waals surface area contributed by atoms with Crippen LogP contribution in [0, 0.1) is 23.3 Å². The predicted molar refractivity (Wildman–Crippen MR) is 67.1 cm³/mol. The van der Waals surface area contributed by atoms with Crippen LogP contribution in [0.1, 0.15) is 17.3 Å². The number of hydrogen-bond donors (Lipinski definition) is 0. The lowest BCUT2D eigenvalue weighted by Gasteiger charge is -2.14. The summed E-state index contributed by atoms with van der Waals surface area (Å²) in [6.45, 7) is 1.34. The van der Waals surface area contributed by atoms with Crippen LogP contribution in [0.25, 0.3) is 0 Å². The molecule has 0 aliphatic heterocycles. The molecule has 0 fully saturated rings. The molecule has 2 aromatic carbocycles. The molecule has 0 aliphatic rings. The van der Waals surface area contributed by atoms with Gasteiger partial charge in [-0.15, -0.1) is 0 Å². The van der Waals surface area contributed by atoms with E-state index in [4.69, 9.17) is 4.74 Å². The van der Waals surface area contributed by atoms with Gasteiger partial charge in [-0.25, -0.2) is 17.6 Å². The van der Waals surface area contributed by atoms with Gasteiger partial charge in [0.2, 0.25) is 5.78 Å². The number of benzene rings is 2. The van der Waals surface area contributed by atoms with E-state index < -0.39 is 35.2 Å². The Morgan fingerprint density at radius 1 is 0.952 bits per heavy atom. The second kappa shape index (κ2) is 5.95. The number of carbonyl (C=O) groups is 1. The largest absolute Gasteiger partial charge is 0.482 e. The van der Waals surface area contributed by atoms with Crippen molar-refractivity contribution in [2.45, 2.75) is 13.0 Å². The van der Waals surface area contributed by atoms with E-state index in [1.165, 1.54) is 6.92 Å². The number of halogens is 4. The van der Waals surface area contributed by atoms with E-state index in [0.29, 0.717) is 6.07 Å². The van der Waals surface area contributed by atoms with Crippen LogP contribution >= 0.6 is 0 Å². The minimum atomic E-state index is -1.16. The lowest BCUT2D eigenvalue weighted by molar-refractivity contribution is 0.0816. The minimum Gasteiger partial charge on any atom is -0.482 e. The van der Waals surface area contributed by atoms with Crippen molar-refractivity contribution in [3.8, 4) is 5.75 Å². The van der Waals surface area contributed by atoms with Crippen molar-refractivity contribution in [2.75, 3.05) is 0 Å². The Morgan fingerprint density at radius 3 is 2.14 bits per heavy atom. The van der Waals surface area contributed by atoms with Crippen LogP contribution in [-0.4, -0.2) is 11.9 Å². The zero-order valence-electron chi connectivity index (χ0n) is 10.9. The lowest BCUT2D eigenvalue weighted by Crippen LogP contribution is -2.24. The summed E-state index contributed by atoms with van der Waals surface area (Å²) in [7, 11) is 0. The molecule has 2 aromatic rings. The molecule has 6 heteroatoms. The summed E-state index contributed by atoms with van der Waals surface area (Å²) in [4.78, 5) is 12.0. The van der Waals surface area contributed by atoms with Gasteiger partial charge in [-0.1, -0.05) is 0 Å². The van der Waals surface area contributed by atoms with Crippen LogP contribution in [0.15, 0.2) is 36.4 Å². The van der Waals surface area contributed by atoms with E-state index in [2.05, 4.69) is 0 Å². The molecule has 0 heterocycles. The molecule has 0 radical (unpaired) electrons. The van der Waals surface area contributed by atoms with Crippen molar-refractivity contribution in [1.82, 2.24) is 0 Å². The average molecular weight is 298 g/mol. The van der Waals surface area contributed by atoms with Crippen molar-refractivity contribution in [1.29, 1.82) is 0 Å². The molecule has 0 saturated heterocycles. The molecule has 2 rings (SSSR count). The molecule has 0 amide bonds. The highest BCUT2D eigenvalue weighted by Crippen LogP contribution is 2.19. The van der Waals surface area contributed by atoms with Gasteiger partial charge < -0.3 is 4.74 Å². The zero-order valence-corrected chi connectivity index (χ0v) is 10.9. The molecule has 1 atom stereocenters. The van der Waals surface area contributed by atoms with Crippen molar-refractivity contribution in [3.63, 3.8) is 0 Å². The number of Topliss-reactive ketones (excluding diaryl/α,β-unsaturated/α-hetero) is 1. The Morgan fingerprint density at radius 2 is 1.57 bits per heavy atom. The maximum absolute atomic E-state index is 13.1. The topological polar surface area (TPSA) is 26.3 Å². The quantitative estimate of drug-likeness (QED) is 0.632. The van der Waals surface area contributed by atoms with Crippen LogP contribution in [-0.2, 0) is 0 Å². The van der Waals surface area contributed by atoms with Crippen LogP contribution in [0.4, 0.5) is 17.6 Å². The van der Waals surface area contributed by atoms with E-state index in [-0.39, 0.29) is 11.3 Å². The van der Waals surface area contributed by atoms with Gasteiger partial charge in [0, 0.05) is 23.8 Å². The van der Waals surface area contributed by atoms with Gasteiger partial charge >= 0.3 is 0 Å². The van der Waals surface area contributed by atoms with Crippen LogP contribution in [0.5, 0.6) is 5.75 Å². The van der Waals surface area contributed by atoms with E-state index in [0.717, 1.165) is 30.3 Å². The Balaban J connectivity index is 2.17. The highest BCUT2D eigenvalue weighted by molar-refractivity contribution is 5.99. The third kappa shape index (κ3) is 3.59. The lowest BCUT2D eigenvalue weighted by atomic mass is 10.1. The molecular weight excluding hydrogens is 288 g/mol. The van der Waals surface area contributed by atoms with Gasteiger partial charge in [0.25, 0.3) is 0 Å². The molecule has 110 valence electrons. The van der Waals surface area contributed by atoms with Crippen molar-refractivity contribution in [3.05, 3.63) is 65.2 Å². The molecule has 0 aliphatic carbocycles. The monoisotopic (exact) mass is 298 g/mol.